The summed E-state index contributed by atoms with van der Waals surface area (Å²) >= 11 is 5.91. The highest BCUT2D eigenvalue weighted by atomic mass is 35.5. The molecule has 0 aliphatic rings. The molecule has 0 amide bonds. The Kier molecular flexibility index (Phi) is 3.37. The van der Waals surface area contributed by atoms with Crippen LogP contribution in [0.5, 0.6) is 0 Å². The van der Waals surface area contributed by atoms with Crippen molar-refractivity contribution in [2.45, 2.75) is 6.54 Å². The summed E-state index contributed by atoms with van der Waals surface area (Å²) in [5.41, 5.74) is 1.36. The van der Waals surface area contributed by atoms with E-state index in [9.17, 15) is 4.39 Å². The molecule has 1 heterocycles. The van der Waals surface area contributed by atoms with Gasteiger partial charge in [0.1, 0.15) is 5.82 Å². The Morgan fingerprint density at radius 2 is 2.06 bits per heavy atom. The van der Waals surface area contributed by atoms with Crippen LogP contribution in [0.15, 0.2) is 42.7 Å². The van der Waals surface area contributed by atoms with Crippen LogP contribution in [0.1, 0.15) is 5.56 Å². The molecule has 0 fully saturated rings. The first-order chi connectivity index (χ1) is 7.77. The highest BCUT2D eigenvalue weighted by molar-refractivity contribution is 6.33. The average molecular weight is 237 g/mol. The number of nitrogens with zero attached hydrogens (tertiary/aromatic N) is 1. The molecule has 0 spiro atoms. The van der Waals surface area contributed by atoms with E-state index in [0.29, 0.717) is 17.1 Å². The standard InChI is InChI=1S/C12H10ClFN2/c13-10-8-15-6-5-12(10)16-7-9-3-1-2-4-11(9)14/h1-6,8H,7H2,(H,15,16). The van der Waals surface area contributed by atoms with Gasteiger partial charge in [0.15, 0.2) is 0 Å². The van der Waals surface area contributed by atoms with Gasteiger partial charge in [-0.05, 0) is 12.1 Å². The molecule has 82 valence electrons. The minimum Gasteiger partial charge on any atom is -0.380 e. The third-order valence-corrected chi connectivity index (χ3v) is 2.50. The number of nitrogens with one attached hydrogen (secondary N) is 1. The summed E-state index contributed by atoms with van der Waals surface area (Å²) in [5.74, 6) is -0.222. The van der Waals surface area contributed by atoms with Gasteiger partial charge in [-0.25, -0.2) is 4.39 Å². The average Bonchev–Trinajstić information content (AvgIpc) is 2.30. The van der Waals surface area contributed by atoms with E-state index >= 15 is 0 Å². The molecule has 0 atom stereocenters. The maximum atomic E-state index is 13.3. The molecule has 0 bridgehead atoms. The third-order valence-electron chi connectivity index (χ3n) is 2.20. The number of benzene rings is 1. The SMILES string of the molecule is Fc1ccccc1CNc1ccncc1Cl. The topological polar surface area (TPSA) is 24.9 Å². The van der Waals surface area contributed by atoms with E-state index in [1.165, 1.54) is 6.07 Å². The summed E-state index contributed by atoms with van der Waals surface area (Å²) in [6.07, 6.45) is 3.18. The highest BCUT2D eigenvalue weighted by Crippen LogP contribution is 2.20. The number of aromatic nitrogens is 1. The van der Waals surface area contributed by atoms with Crippen LogP contribution in [0.4, 0.5) is 10.1 Å². The van der Waals surface area contributed by atoms with E-state index in [-0.39, 0.29) is 5.82 Å². The highest BCUT2D eigenvalue weighted by Gasteiger charge is 2.02. The molecule has 0 aliphatic heterocycles. The van der Waals surface area contributed by atoms with Crippen molar-refractivity contribution < 1.29 is 4.39 Å². The van der Waals surface area contributed by atoms with Gasteiger partial charge < -0.3 is 5.32 Å². The summed E-state index contributed by atoms with van der Waals surface area (Å²) in [6, 6.07) is 8.39. The zero-order valence-electron chi connectivity index (χ0n) is 8.45. The van der Waals surface area contributed by atoms with E-state index in [1.807, 2.05) is 0 Å². The normalized spacial score (nSPS) is 10.1. The van der Waals surface area contributed by atoms with Gasteiger partial charge in [-0.1, -0.05) is 29.8 Å². The predicted molar refractivity (Wildman–Crippen MR) is 63.0 cm³/mol. The van der Waals surface area contributed by atoms with Crippen LogP contribution < -0.4 is 5.32 Å². The monoisotopic (exact) mass is 236 g/mol. The van der Waals surface area contributed by atoms with E-state index in [2.05, 4.69) is 10.3 Å². The van der Waals surface area contributed by atoms with Crippen LogP contribution in [-0.4, -0.2) is 4.98 Å². The first-order valence-electron chi connectivity index (χ1n) is 4.84. The Bertz CT molecular complexity index is 442. The molecule has 0 unspecified atom stereocenters. The third kappa shape index (κ3) is 2.49. The Labute approximate surface area is 98.1 Å². The Hall–Kier alpha value is -1.61. The van der Waals surface area contributed by atoms with Gasteiger partial charge in [0.2, 0.25) is 0 Å². The maximum Gasteiger partial charge on any atom is 0.128 e. The van der Waals surface area contributed by atoms with Crippen molar-refractivity contribution in [1.29, 1.82) is 0 Å². The number of pyridine rings is 1. The van der Waals surface area contributed by atoms with Crippen molar-refractivity contribution in [2.75, 3.05) is 5.32 Å². The molecular formula is C12H10ClFN2. The summed E-state index contributed by atoms with van der Waals surface area (Å²) in [4.78, 5) is 3.87. The summed E-state index contributed by atoms with van der Waals surface area (Å²) in [7, 11) is 0. The number of rotatable bonds is 3. The lowest BCUT2D eigenvalue weighted by molar-refractivity contribution is 0.613. The number of hydrogen-bond donors (Lipinski definition) is 1. The van der Waals surface area contributed by atoms with Crippen molar-refractivity contribution >= 4 is 17.3 Å². The van der Waals surface area contributed by atoms with Crippen LogP contribution in [0, 0.1) is 5.82 Å². The predicted octanol–water partition coefficient (Wildman–Crippen LogP) is 3.49. The van der Waals surface area contributed by atoms with Gasteiger partial charge in [-0.3, -0.25) is 4.98 Å². The van der Waals surface area contributed by atoms with Crippen LogP contribution in [0.2, 0.25) is 5.02 Å². The molecule has 16 heavy (non-hydrogen) atoms. The van der Waals surface area contributed by atoms with Crippen LogP contribution >= 0.6 is 11.6 Å². The number of halogens is 2. The molecule has 2 aromatic rings. The molecular weight excluding hydrogens is 227 g/mol. The van der Waals surface area contributed by atoms with E-state index < -0.39 is 0 Å². The molecule has 1 aromatic heterocycles. The van der Waals surface area contributed by atoms with Gasteiger partial charge in [0, 0.05) is 24.5 Å². The van der Waals surface area contributed by atoms with Gasteiger partial charge in [0.25, 0.3) is 0 Å². The number of hydrogen-bond acceptors (Lipinski definition) is 2. The minimum atomic E-state index is -0.222. The zero-order valence-corrected chi connectivity index (χ0v) is 9.21. The molecule has 0 saturated heterocycles. The van der Waals surface area contributed by atoms with E-state index in [1.54, 1.807) is 36.7 Å². The zero-order chi connectivity index (χ0) is 11.4. The smallest absolute Gasteiger partial charge is 0.128 e. The molecule has 2 rings (SSSR count). The molecule has 4 heteroatoms. The first-order valence-corrected chi connectivity index (χ1v) is 5.22. The molecule has 0 radical (unpaired) electrons. The molecule has 2 nitrogen and oxygen atoms in total. The van der Waals surface area contributed by atoms with Gasteiger partial charge in [-0.15, -0.1) is 0 Å². The largest absolute Gasteiger partial charge is 0.380 e. The van der Waals surface area contributed by atoms with Crippen molar-refractivity contribution in [3.63, 3.8) is 0 Å². The summed E-state index contributed by atoms with van der Waals surface area (Å²) in [6.45, 7) is 0.399. The molecule has 1 aromatic carbocycles. The Morgan fingerprint density at radius 3 is 2.81 bits per heavy atom. The Balaban J connectivity index is 2.09. The lowest BCUT2D eigenvalue weighted by atomic mass is 10.2. The maximum absolute atomic E-state index is 13.3. The fourth-order valence-electron chi connectivity index (χ4n) is 1.35. The lowest BCUT2D eigenvalue weighted by Crippen LogP contribution is -2.02. The van der Waals surface area contributed by atoms with Crippen LogP contribution in [-0.2, 0) is 6.54 Å². The van der Waals surface area contributed by atoms with Crippen molar-refractivity contribution in [3.05, 3.63) is 59.1 Å². The fourth-order valence-corrected chi connectivity index (χ4v) is 1.54. The quantitative estimate of drug-likeness (QED) is 0.883. The summed E-state index contributed by atoms with van der Waals surface area (Å²) < 4.78 is 13.3. The minimum absolute atomic E-state index is 0.222. The lowest BCUT2D eigenvalue weighted by Gasteiger charge is -2.08. The molecule has 1 N–H and O–H groups in total. The second kappa shape index (κ2) is 4.94. The molecule has 0 aliphatic carbocycles. The van der Waals surface area contributed by atoms with Crippen LogP contribution in [0.25, 0.3) is 0 Å². The second-order valence-electron chi connectivity index (χ2n) is 3.30. The second-order valence-corrected chi connectivity index (χ2v) is 3.71. The fraction of sp³-hybridized carbons (Fsp3) is 0.0833. The van der Waals surface area contributed by atoms with Crippen molar-refractivity contribution in [2.24, 2.45) is 0 Å². The van der Waals surface area contributed by atoms with Gasteiger partial charge in [0.05, 0.1) is 10.7 Å². The van der Waals surface area contributed by atoms with Crippen molar-refractivity contribution in [3.8, 4) is 0 Å². The summed E-state index contributed by atoms with van der Waals surface area (Å²) in [5, 5.41) is 3.58. The van der Waals surface area contributed by atoms with Crippen molar-refractivity contribution in [1.82, 2.24) is 4.98 Å². The molecule has 0 saturated carbocycles. The van der Waals surface area contributed by atoms with E-state index in [4.69, 9.17) is 11.6 Å². The number of anilines is 1. The first kappa shape index (κ1) is 10.9. The van der Waals surface area contributed by atoms with Gasteiger partial charge >= 0.3 is 0 Å². The Morgan fingerprint density at radius 1 is 1.25 bits per heavy atom. The van der Waals surface area contributed by atoms with Crippen LogP contribution in [0.3, 0.4) is 0 Å². The van der Waals surface area contributed by atoms with E-state index in [0.717, 1.165) is 5.69 Å². The van der Waals surface area contributed by atoms with Gasteiger partial charge in [-0.2, -0.15) is 0 Å².